The molecule has 0 fully saturated rings. The fourth-order valence-corrected chi connectivity index (χ4v) is 3.31. The second-order valence-electron chi connectivity index (χ2n) is 7.17. The van der Waals surface area contributed by atoms with Crippen molar-refractivity contribution in [2.45, 2.75) is 33.4 Å². The summed E-state index contributed by atoms with van der Waals surface area (Å²) in [5, 5.41) is 3.36. The van der Waals surface area contributed by atoms with E-state index >= 15 is 0 Å². The number of carbonyl (C=O) groups is 1. The molecule has 1 amide bonds. The van der Waals surface area contributed by atoms with Crippen LogP contribution >= 0.6 is 0 Å². The number of nitrogens with one attached hydrogen (secondary N) is 1. The molecule has 0 aliphatic rings. The van der Waals surface area contributed by atoms with Crippen molar-refractivity contribution in [1.29, 1.82) is 0 Å². The molecular weight excluding hydrogens is 354 g/mol. The molecule has 3 aromatic rings. The Hall–Kier alpha value is -3.15. The van der Waals surface area contributed by atoms with E-state index in [-0.39, 0.29) is 23.9 Å². The summed E-state index contributed by atoms with van der Waals surface area (Å²) in [6.45, 7) is 6.51. The van der Waals surface area contributed by atoms with Gasteiger partial charge >= 0.3 is 5.69 Å². The first kappa shape index (κ1) is 19.6. The minimum atomic E-state index is -0.865. The quantitative estimate of drug-likeness (QED) is 0.715. The highest BCUT2D eigenvalue weighted by Gasteiger charge is 2.27. The minimum Gasteiger partial charge on any atom is -0.354 e. The van der Waals surface area contributed by atoms with Crippen LogP contribution in [0.25, 0.3) is 10.9 Å². The van der Waals surface area contributed by atoms with Crippen molar-refractivity contribution in [2.75, 3.05) is 6.54 Å². The third-order valence-corrected chi connectivity index (χ3v) is 4.70. The van der Waals surface area contributed by atoms with E-state index in [0.717, 1.165) is 0 Å². The first-order valence-corrected chi connectivity index (χ1v) is 9.52. The molecule has 146 valence electrons. The zero-order valence-corrected chi connectivity index (χ0v) is 16.4. The Morgan fingerprint density at radius 2 is 1.64 bits per heavy atom. The average molecular weight is 379 g/mol. The summed E-state index contributed by atoms with van der Waals surface area (Å²) < 4.78 is 2.61. The van der Waals surface area contributed by atoms with Crippen LogP contribution in [-0.2, 0) is 11.3 Å². The molecule has 1 heterocycles. The third kappa shape index (κ3) is 3.63. The highest BCUT2D eigenvalue weighted by atomic mass is 16.2. The van der Waals surface area contributed by atoms with Gasteiger partial charge in [-0.25, -0.2) is 4.79 Å². The van der Waals surface area contributed by atoms with Crippen LogP contribution < -0.4 is 16.6 Å². The number of rotatable bonds is 6. The lowest BCUT2D eigenvalue weighted by molar-refractivity contribution is -0.123. The summed E-state index contributed by atoms with van der Waals surface area (Å²) >= 11 is 0. The topological polar surface area (TPSA) is 73.1 Å². The molecule has 1 aromatic heterocycles. The summed E-state index contributed by atoms with van der Waals surface area (Å²) in [6.07, 6.45) is 0. The van der Waals surface area contributed by atoms with Gasteiger partial charge in [-0.05, 0) is 30.5 Å². The summed E-state index contributed by atoms with van der Waals surface area (Å²) in [6, 6.07) is 15.2. The van der Waals surface area contributed by atoms with E-state index in [2.05, 4.69) is 5.32 Å². The van der Waals surface area contributed by atoms with Crippen molar-refractivity contribution in [3.05, 3.63) is 81.0 Å². The zero-order valence-electron chi connectivity index (χ0n) is 16.4. The van der Waals surface area contributed by atoms with Gasteiger partial charge in [0, 0.05) is 13.1 Å². The number of carbonyl (C=O) groups excluding carboxylic acids is 1. The van der Waals surface area contributed by atoms with Crippen molar-refractivity contribution in [1.82, 2.24) is 14.5 Å². The van der Waals surface area contributed by atoms with Crippen LogP contribution in [0.1, 0.15) is 32.4 Å². The Morgan fingerprint density at radius 1 is 1.00 bits per heavy atom. The van der Waals surface area contributed by atoms with Crippen molar-refractivity contribution in [3.63, 3.8) is 0 Å². The zero-order chi connectivity index (χ0) is 20.3. The standard InChI is InChI=1S/C22H25N3O3/c1-4-24-21(27)17-12-8-9-13-18(17)25(22(24)28)19(16-10-6-5-7-11-16)20(26)23-14-15(2)3/h5-13,15,19H,4,14H2,1-3H3,(H,23,26)/t19-/m0/s1. The lowest BCUT2D eigenvalue weighted by atomic mass is 10.0. The third-order valence-electron chi connectivity index (χ3n) is 4.70. The van der Waals surface area contributed by atoms with Crippen LogP contribution in [0, 0.1) is 5.92 Å². The van der Waals surface area contributed by atoms with Gasteiger partial charge in [-0.1, -0.05) is 56.3 Å². The highest BCUT2D eigenvalue weighted by Crippen LogP contribution is 2.21. The van der Waals surface area contributed by atoms with Gasteiger partial charge in [-0.15, -0.1) is 0 Å². The summed E-state index contributed by atoms with van der Waals surface area (Å²) in [7, 11) is 0. The van der Waals surface area contributed by atoms with Crippen LogP contribution in [0.2, 0.25) is 0 Å². The second-order valence-corrected chi connectivity index (χ2v) is 7.17. The smallest absolute Gasteiger partial charge is 0.332 e. The van der Waals surface area contributed by atoms with Crippen LogP contribution in [0.4, 0.5) is 0 Å². The SMILES string of the molecule is CCn1c(=O)c2ccccc2n([C@H](C(=O)NCC(C)C)c2ccccc2)c1=O. The Labute approximate surface area is 163 Å². The lowest BCUT2D eigenvalue weighted by Gasteiger charge is -2.23. The molecule has 28 heavy (non-hydrogen) atoms. The van der Waals surface area contributed by atoms with E-state index in [1.165, 1.54) is 9.13 Å². The summed E-state index contributed by atoms with van der Waals surface area (Å²) in [5.41, 5.74) is 0.321. The second kappa shape index (κ2) is 8.25. The number of amides is 1. The Kier molecular flexibility index (Phi) is 5.78. The molecule has 6 nitrogen and oxygen atoms in total. The molecule has 2 aromatic carbocycles. The highest BCUT2D eigenvalue weighted by molar-refractivity contribution is 5.87. The molecular formula is C22H25N3O3. The maximum absolute atomic E-state index is 13.2. The normalized spacial score (nSPS) is 12.3. The van der Waals surface area contributed by atoms with Gasteiger partial charge in [-0.3, -0.25) is 18.7 Å². The van der Waals surface area contributed by atoms with Gasteiger partial charge in [0.25, 0.3) is 5.56 Å². The summed E-state index contributed by atoms with van der Waals surface area (Å²) in [5.74, 6) is 0.00638. The number of fused-ring (bicyclic) bond motifs is 1. The monoisotopic (exact) mass is 379 g/mol. The summed E-state index contributed by atoms with van der Waals surface area (Å²) in [4.78, 5) is 39.1. The molecule has 0 saturated carbocycles. The molecule has 0 spiro atoms. The van der Waals surface area contributed by atoms with Crippen molar-refractivity contribution in [3.8, 4) is 0 Å². The van der Waals surface area contributed by atoms with Gasteiger partial charge in [0.1, 0.15) is 6.04 Å². The van der Waals surface area contributed by atoms with Crippen LogP contribution in [0.3, 0.4) is 0 Å². The van der Waals surface area contributed by atoms with Gasteiger partial charge in [0.15, 0.2) is 0 Å². The Bertz CT molecular complexity index is 1100. The molecule has 6 heteroatoms. The predicted molar refractivity (Wildman–Crippen MR) is 111 cm³/mol. The molecule has 0 saturated heterocycles. The molecule has 0 aliphatic heterocycles. The number of hydrogen-bond acceptors (Lipinski definition) is 3. The van der Waals surface area contributed by atoms with Crippen molar-refractivity contribution >= 4 is 16.8 Å². The molecule has 1 atom stereocenters. The molecule has 1 N–H and O–H groups in total. The van der Waals surface area contributed by atoms with Crippen LogP contribution in [-0.4, -0.2) is 21.6 Å². The number of benzene rings is 2. The van der Waals surface area contributed by atoms with E-state index in [0.29, 0.717) is 23.0 Å². The van der Waals surface area contributed by atoms with Crippen LogP contribution in [0.5, 0.6) is 0 Å². The molecule has 0 unspecified atom stereocenters. The van der Waals surface area contributed by atoms with Gasteiger partial charge in [0.05, 0.1) is 10.9 Å². The van der Waals surface area contributed by atoms with E-state index in [1.807, 2.05) is 44.2 Å². The van der Waals surface area contributed by atoms with Gasteiger partial charge < -0.3 is 5.32 Å². The molecule has 0 radical (unpaired) electrons. The van der Waals surface area contributed by atoms with Gasteiger partial charge in [-0.2, -0.15) is 0 Å². The fraction of sp³-hybridized carbons (Fsp3) is 0.318. The first-order chi connectivity index (χ1) is 13.5. The largest absolute Gasteiger partial charge is 0.354 e. The number of hydrogen-bond donors (Lipinski definition) is 1. The van der Waals surface area contributed by atoms with E-state index < -0.39 is 11.7 Å². The van der Waals surface area contributed by atoms with Crippen LogP contribution in [0.15, 0.2) is 64.2 Å². The molecule has 0 bridgehead atoms. The fourth-order valence-electron chi connectivity index (χ4n) is 3.31. The van der Waals surface area contributed by atoms with E-state index in [1.54, 1.807) is 31.2 Å². The average Bonchev–Trinajstić information content (AvgIpc) is 2.70. The Balaban J connectivity index is 2.32. The minimum absolute atomic E-state index is 0.234. The van der Waals surface area contributed by atoms with Gasteiger partial charge in [0.2, 0.25) is 5.91 Å². The molecule has 3 rings (SSSR count). The number of para-hydroxylation sites is 1. The maximum Gasteiger partial charge on any atom is 0.332 e. The van der Waals surface area contributed by atoms with E-state index in [9.17, 15) is 14.4 Å². The number of nitrogens with zero attached hydrogens (tertiary/aromatic N) is 2. The van der Waals surface area contributed by atoms with Crippen molar-refractivity contribution < 1.29 is 4.79 Å². The maximum atomic E-state index is 13.2. The van der Waals surface area contributed by atoms with Crippen molar-refractivity contribution in [2.24, 2.45) is 5.92 Å². The first-order valence-electron chi connectivity index (χ1n) is 9.52. The van der Waals surface area contributed by atoms with E-state index in [4.69, 9.17) is 0 Å². The lowest BCUT2D eigenvalue weighted by Crippen LogP contribution is -2.45. The number of aromatic nitrogens is 2. The predicted octanol–water partition coefficient (Wildman–Crippen LogP) is 2.54. The Morgan fingerprint density at radius 3 is 2.29 bits per heavy atom. The molecule has 0 aliphatic carbocycles.